The van der Waals surface area contributed by atoms with Gasteiger partial charge in [0, 0.05) is 17.8 Å². The number of carbonyl (C=O) groups excluding carboxylic acids is 1. The van der Waals surface area contributed by atoms with Gasteiger partial charge in [-0.1, -0.05) is 18.2 Å². The largest absolute Gasteiger partial charge is 0.497 e. The maximum Gasteiger partial charge on any atom is 0.238 e. The number of amides is 1. The van der Waals surface area contributed by atoms with E-state index in [1.54, 1.807) is 19.2 Å². The number of halogens is 1. The van der Waals surface area contributed by atoms with Gasteiger partial charge < -0.3 is 10.1 Å². The number of hydrogen-bond donors (Lipinski definition) is 1. The molecule has 4 rings (SSSR count). The lowest BCUT2D eigenvalue weighted by Crippen LogP contribution is -2.33. The lowest BCUT2D eigenvalue weighted by Gasteiger charge is -2.24. The summed E-state index contributed by atoms with van der Waals surface area (Å²) in [5, 5.41) is 2.95. The number of aromatic nitrogens is 1. The first-order chi connectivity index (χ1) is 15.1. The minimum Gasteiger partial charge on any atom is -0.497 e. The Labute approximate surface area is 181 Å². The van der Waals surface area contributed by atoms with Crippen LogP contribution in [0.5, 0.6) is 5.75 Å². The second-order valence-corrected chi connectivity index (χ2v) is 7.77. The van der Waals surface area contributed by atoms with Crippen molar-refractivity contribution >= 4 is 11.6 Å². The smallest absolute Gasteiger partial charge is 0.238 e. The Kier molecular flexibility index (Phi) is 6.57. The fourth-order valence-corrected chi connectivity index (χ4v) is 4.05. The fraction of sp³-hybridized carbons (Fsp3) is 0.280. The molecule has 1 atom stereocenters. The first-order valence-electron chi connectivity index (χ1n) is 10.5. The number of pyridine rings is 1. The highest BCUT2D eigenvalue weighted by Crippen LogP contribution is 2.31. The molecule has 160 valence electrons. The molecule has 1 fully saturated rings. The summed E-state index contributed by atoms with van der Waals surface area (Å²) in [6, 6.07) is 20.0. The van der Waals surface area contributed by atoms with Gasteiger partial charge in [0.25, 0.3) is 0 Å². The molecule has 1 N–H and O–H groups in total. The molecule has 0 saturated carbocycles. The molecule has 1 saturated heterocycles. The Hall–Kier alpha value is -3.25. The van der Waals surface area contributed by atoms with Crippen LogP contribution in [0, 0.1) is 5.82 Å². The Morgan fingerprint density at radius 1 is 1.16 bits per heavy atom. The number of anilines is 1. The van der Waals surface area contributed by atoms with Gasteiger partial charge in [-0.25, -0.2) is 4.39 Å². The molecule has 1 aromatic heterocycles. The Balaban J connectivity index is 1.41. The third-order valence-corrected chi connectivity index (χ3v) is 5.53. The summed E-state index contributed by atoms with van der Waals surface area (Å²) in [6.07, 6.45) is 2.57. The zero-order valence-electron chi connectivity index (χ0n) is 17.6. The molecular formula is C25H26FN3O2. The van der Waals surface area contributed by atoms with Gasteiger partial charge in [-0.05, 0) is 73.5 Å². The van der Waals surface area contributed by atoms with Crippen LogP contribution in [0.15, 0.2) is 66.7 Å². The van der Waals surface area contributed by atoms with E-state index in [9.17, 15) is 9.18 Å². The number of hydrogen-bond acceptors (Lipinski definition) is 4. The number of nitrogens with one attached hydrogen (secondary N) is 1. The zero-order valence-corrected chi connectivity index (χ0v) is 17.6. The monoisotopic (exact) mass is 419 g/mol. The Morgan fingerprint density at radius 3 is 2.74 bits per heavy atom. The number of carbonyl (C=O) groups is 1. The van der Waals surface area contributed by atoms with Gasteiger partial charge in [0.15, 0.2) is 0 Å². The third-order valence-electron chi connectivity index (χ3n) is 5.53. The zero-order chi connectivity index (χ0) is 21.6. The maximum atomic E-state index is 13.5. The Morgan fingerprint density at radius 2 is 1.97 bits per heavy atom. The lowest BCUT2D eigenvalue weighted by atomic mass is 10.1. The summed E-state index contributed by atoms with van der Waals surface area (Å²) in [5.41, 5.74) is 3.50. The van der Waals surface area contributed by atoms with Gasteiger partial charge in [-0.3, -0.25) is 14.7 Å². The molecule has 31 heavy (non-hydrogen) atoms. The van der Waals surface area contributed by atoms with Crippen molar-refractivity contribution in [1.82, 2.24) is 9.88 Å². The van der Waals surface area contributed by atoms with Crippen molar-refractivity contribution in [2.45, 2.75) is 25.3 Å². The van der Waals surface area contributed by atoms with Crippen molar-refractivity contribution in [1.29, 1.82) is 0 Å². The standard InChI is InChI=1S/C25H26FN3O2/c1-31-22-12-10-20(11-13-22)28-25(30)17-29-14-4-9-24(29)23-8-3-7-21(27-23)16-18-5-2-6-19(26)15-18/h2-3,5-8,10-13,15,24H,4,9,14,16-17H2,1H3,(H,28,30). The van der Waals surface area contributed by atoms with E-state index in [4.69, 9.17) is 9.72 Å². The second kappa shape index (κ2) is 9.71. The molecule has 2 heterocycles. The van der Waals surface area contributed by atoms with Crippen LogP contribution in [0.3, 0.4) is 0 Å². The maximum absolute atomic E-state index is 13.5. The van der Waals surface area contributed by atoms with Gasteiger partial charge in [0.2, 0.25) is 5.91 Å². The van der Waals surface area contributed by atoms with Crippen molar-refractivity contribution in [3.63, 3.8) is 0 Å². The van der Waals surface area contributed by atoms with Crippen molar-refractivity contribution in [3.05, 3.63) is 89.5 Å². The predicted molar refractivity (Wildman–Crippen MR) is 119 cm³/mol. The van der Waals surface area contributed by atoms with E-state index >= 15 is 0 Å². The normalized spacial score (nSPS) is 16.3. The molecular weight excluding hydrogens is 393 g/mol. The molecule has 0 radical (unpaired) electrons. The van der Waals surface area contributed by atoms with Crippen LogP contribution in [0.1, 0.15) is 35.8 Å². The van der Waals surface area contributed by atoms with E-state index in [2.05, 4.69) is 10.2 Å². The van der Waals surface area contributed by atoms with E-state index in [0.29, 0.717) is 13.0 Å². The van der Waals surface area contributed by atoms with Gasteiger partial charge in [0.1, 0.15) is 11.6 Å². The molecule has 1 aliphatic rings. The summed E-state index contributed by atoms with van der Waals surface area (Å²) in [4.78, 5) is 19.6. The van der Waals surface area contributed by atoms with Crippen LogP contribution in [-0.4, -0.2) is 36.0 Å². The number of nitrogens with zero attached hydrogens (tertiary/aromatic N) is 2. The fourth-order valence-electron chi connectivity index (χ4n) is 4.05. The first kappa shape index (κ1) is 21.0. The van der Waals surface area contributed by atoms with Crippen molar-refractivity contribution in [2.24, 2.45) is 0 Å². The highest BCUT2D eigenvalue weighted by atomic mass is 19.1. The van der Waals surface area contributed by atoms with E-state index < -0.39 is 0 Å². The topological polar surface area (TPSA) is 54.5 Å². The quantitative estimate of drug-likeness (QED) is 0.608. The van der Waals surface area contributed by atoms with E-state index in [1.165, 1.54) is 6.07 Å². The van der Waals surface area contributed by atoms with E-state index in [-0.39, 0.29) is 17.8 Å². The Bertz CT molecular complexity index is 1040. The number of ether oxygens (including phenoxy) is 1. The number of rotatable bonds is 7. The minimum absolute atomic E-state index is 0.0482. The van der Waals surface area contributed by atoms with Crippen LogP contribution in [-0.2, 0) is 11.2 Å². The molecule has 1 unspecified atom stereocenters. The first-order valence-corrected chi connectivity index (χ1v) is 10.5. The molecule has 0 spiro atoms. The van der Waals surface area contributed by atoms with E-state index in [0.717, 1.165) is 47.8 Å². The number of methoxy groups -OCH3 is 1. The average molecular weight is 420 g/mol. The molecule has 5 nitrogen and oxygen atoms in total. The molecule has 1 aliphatic heterocycles. The summed E-state index contributed by atoms with van der Waals surface area (Å²) in [7, 11) is 1.61. The SMILES string of the molecule is COc1ccc(NC(=O)CN2CCCC2c2cccc(Cc3cccc(F)c3)n2)cc1. The van der Waals surface area contributed by atoms with Crippen LogP contribution in [0.25, 0.3) is 0 Å². The van der Waals surface area contributed by atoms with Gasteiger partial charge in [-0.15, -0.1) is 0 Å². The number of likely N-dealkylation sites (tertiary alicyclic amines) is 1. The average Bonchev–Trinajstić information content (AvgIpc) is 3.22. The second-order valence-electron chi connectivity index (χ2n) is 7.77. The lowest BCUT2D eigenvalue weighted by molar-refractivity contribution is -0.117. The third kappa shape index (κ3) is 5.47. The van der Waals surface area contributed by atoms with Gasteiger partial charge in [-0.2, -0.15) is 0 Å². The van der Waals surface area contributed by atoms with Crippen LogP contribution in [0.4, 0.5) is 10.1 Å². The van der Waals surface area contributed by atoms with E-state index in [1.807, 2.05) is 48.5 Å². The highest BCUT2D eigenvalue weighted by molar-refractivity contribution is 5.92. The summed E-state index contributed by atoms with van der Waals surface area (Å²) < 4.78 is 18.6. The summed E-state index contributed by atoms with van der Waals surface area (Å²) >= 11 is 0. The van der Waals surface area contributed by atoms with Gasteiger partial charge >= 0.3 is 0 Å². The predicted octanol–water partition coefficient (Wildman–Crippen LogP) is 4.60. The summed E-state index contributed by atoms with van der Waals surface area (Å²) in [5.74, 6) is 0.466. The van der Waals surface area contributed by atoms with Crippen molar-refractivity contribution in [2.75, 3.05) is 25.5 Å². The highest BCUT2D eigenvalue weighted by Gasteiger charge is 2.28. The molecule has 2 aromatic carbocycles. The number of benzene rings is 2. The van der Waals surface area contributed by atoms with Crippen molar-refractivity contribution < 1.29 is 13.9 Å². The van der Waals surface area contributed by atoms with Crippen LogP contribution < -0.4 is 10.1 Å². The van der Waals surface area contributed by atoms with Crippen LogP contribution in [0.2, 0.25) is 0 Å². The minimum atomic E-state index is -0.238. The van der Waals surface area contributed by atoms with Crippen molar-refractivity contribution in [3.8, 4) is 5.75 Å². The molecule has 3 aromatic rings. The van der Waals surface area contributed by atoms with Gasteiger partial charge in [0.05, 0.1) is 25.4 Å². The molecule has 0 bridgehead atoms. The molecule has 1 amide bonds. The molecule has 6 heteroatoms. The summed E-state index contributed by atoms with van der Waals surface area (Å²) in [6.45, 7) is 1.17. The van der Waals surface area contributed by atoms with Crippen LogP contribution >= 0.6 is 0 Å². The molecule has 0 aliphatic carbocycles.